The first-order valence-electron chi connectivity index (χ1n) is 6.87. The third-order valence-corrected chi connectivity index (χ3v) is 6.06. The van der Waals surface area contributed by atoms with Crippen molar-refractivity contribution in [1.82, 2.24) is 9.80 Å². The fraction of sp³-hybridized carbons (Fsp3) is 0.769. The molecule has 1 unspecified atom stereocenters. The van der Waals surface area contributed by atoms with E-state index in [9.17, 15) is 4.79 Å². The molecule has 0 heterocycles. The molecule has 0 saturated carbocycles. The number of nitrogens with zero attached hydrogens (tertiary/aromatic N) is 2. The van der Waals surface area contributed by atoms with E-state index in [1.165, 1.54) is 11.8 Å². The molecule has 0 aromatic heterocycles. The number of carbonyl (C=O) groups excluding carboxylic acids is 1. The van der Waals surface area contributed by atoms with Crippen molar-refractivity contribution in [3.05, 3.63) is 0 Å². The number of rotatable bonds is 6. The predicted molar refractivity (Wildman–Crippen MR) is 101 cm³/mol. The van der Waals surface area contributed by atoms with Crippen LogP contribution in [0.25, 0.3) is 0 Å². The van der Waals surface area contributed by atoms with Crippen molar-refractivity contribution in [3.8, 4) is 0 Å². The average Bonchev–Trinajstić information content (AvgIpc) is 2.41. The summed E-state index contributed by atoms with van der Waals surface area (Å²) in [5.41, 5.74) is 0. The average molecular weight is 353 g/mol. The molecule has 0 fully saturated rings. The second kappa shape index (κ2) is 10.8. The van der Waals surface area contributed by atoms with Crippen LogP contribution >= 0.6 is 48.0 Å². The zero-order valence-electron chi connectivity index (χ0n) is 12.8. The summed E-state index contributed by atoms with van der Waals surface area (Å²) in [4.78, 5) is 16.3. The van der Waals surface area contributed by atoms with Gasteiger partial charge in [0, 0.05) is 26.2 Å². The van der Waals surface area contributed by atoms with E-state index in [0.29, 0.717) is 4.32 Å². The molecule has 0 aliphatic rings. The van der Waals surface area contributed by atoms with E-state index in [-0.39, 0.29) is 10.4 Å². The summed E-state index contributed by atoms with van der Waals surface area (Å²) in [6.07, 6.45) is 0. The monoisotopic (exact) mass is 352 g/mol. The van der Waals surface area contributed by atoms with Crippen molar-refractivity contribution in [1.29, 1.82) is 0 Å². The molecule has 3 nitrogen and oxygen atoms in total. The lowest BCUT2D eigenvalue weighted by Crippen LogP contribution is -2.31. The number of carbonyl (C=O) groups is 1. The zero-order chi connectivity index (χ0) is 15.7. The Morgan fingerprint density at radius 1 is 0.950 bits per heavy atom. The molecule has 0 aromatic rings. The summed E-state index contributed by atoms with van der Waals surface area (Å²) < 4.78 is 1.44. The van der Waals surface area contributed by atoms with Crippen LogP contribution in [-0.2, 0) is 4.79 Å². The summed E-state index contributed by atoms with van der Waals surface area (Å²) in [7, 11) is 0. The van der Waals surface area contributed by atoms with E-state index in [2.05, 4.69) is 18.7 Å². The Morgan fingerprint density at radius 2 is 1.35 bits per heavy atom. The van der Waals surface area contributed by atoms with Crippen molar-refractivity contribution < 1.29 is 4.79 Å². The van der Waals surface area contributed by atoms with Gasteiger partial charge >= 0.3 is 0 Å². The third kappa shape index (κ3) is 6.74. The molecule has 0 amide bonds. The highest BCUT2D eigenvalue weighted by molar-refractivity contribution is 8.34. The van der Waals surface area contributed by atoms with Gasteiger partial charge in [0.15, 0.2) is 0 Å². The van der Waals surface area contributed by atoms with Gasteiger partial charge in [-0.3, -0.25) is 4.79 Å². The van der Waals surface area contributed by atoms with Crippen LogP contribution in [0.1, 0.15) is 34.6 Å². The number of thioether (sulfide) groups is 2. The summed E-state index contributed by atoms with van der Waals surface area (Å²) in [6.45, 7) is 13.5. The van der Waals surface area contributed by atoms with Crippen LogP contribution in [0, 0.1) is 0 Å². The van der Waals surface area contributed by atoms with E-state index in [1.54, 1.807) is 0 Å². The van der Waals surface area contributed by atoms with Gasteiger partial charge < -0.3 is 9.80 Å². The maximum absolute atomic E-state index is 12.2. The van der Waals surface area contributed by atoms with Crippen molar-refractivity contribution >= 4 is 61.7 Å². The molecule has 0 saturated heterocycles. The summed E-state index contributed by atoms with van der Waals surface area (Å²) in [5, 5.41) is -0.108. The zero-order valence-corrected chi connectivity index (χ0v) is 16.1. The van der Waals surface area contributed by atoms with Crippen LogP contribution in [0.3, 0.4) is 0 Å². The van der Waals surface area contributed by atoms with Crippen LogP contribution in [0.15, 0.2) is 0 Å². The molecule has 0 aliphatic carbocycles. The normalized spacial score (nSPS) is 11.8. The molecular formula is C13H24N2OS4. The molecule has 20 heavy (non-hydrogen) atoms. The Morgan fingerprint density at radius 3 is 1.75 bits per heavy atom. The second-order valence-electron chi connectivity index (χ2n) is 4.06. The molecule has 116 valence electrons. The Balaban J connectivity index is 4.42. The van der Waals surface area contributed by atoms with Crippen LogP contribution in [0.2, 0.25) is 0 Å². The maximum atomic E-state index is 12.2. The van der Waals surface area contributed by atoms with Gasteiger partial charge in [0.25, 0.3) is 0 Å². The molecule has 0 rings (SSSR count). The largest absolute Gasteiger partial charge is 0.358 e. The van der Waals surface area contributed by atoms with E-state index in [0.717, 1.165) is 42.3 Å². The van der Waals surface area contributed by atoms with Gasteiger partial charge in [-0.05, 0) is 46.4 Å². The van der Waals surface area contributed by atoms with Gasteiger partial charge in [-0.25, -0.2) is 0 Å². The van der Waals surface area contributed by atoms with E-state index in [1.807, 2.05) is 25.7 Å². The molecule has 0 aliphatic heterocycles. The van der Waals surface area contributed by atoms with E-state index < -0.39 is 0 Å². The predicted octanol–water partition coefficient (Wildman–Crippen LogP) is 3.62. The van der Waals surface area contributed by atoms with Crippen molar-refractivity contribution in [2.45, 2.75) is 39.9 Å². The molecule has 0 aromatic carbocycles. The van der Waals surface area contributed by atoms with E-state index >= 15 is 0 Å². The standard InChI is InChI=1S/C13H24N2OS4/c1-6-14(7-2)12(17)19-10(5)11(16)20-13(18)15(8-3)9-4/h10H,6-9H2,1-5H3. The van der Waals surface area contributed by atoms with Gasteiger partial charge in [0.1, 0.15) is 8.64 Å². The SMILES string of the molecule is CCN(CC)C(=S)SC(=O)C(C)SC(=S)N(CC)CC. The first kappa shape index (κ1) is 20.1. The first-order chi connectivity index (χ1) is 9.40. The van der Waals surface area contributed by atoms with Gasteiger partial charge in [-0.15, -0.1) is 0 Å². The highest BCUT2D eigenvalue weighted by Gasteiger charge is 2.21. The lowest BCUT2D eigenvalue weighted by Gasteiger charge is -2.24. The van der Waals surface area contributed by atoms with Gasteiger partial charge in [0.05, 0.1) is 5.25 Å². The molecule has 0 radical (unpaired) electrons. The molecule has 0 spiro atoms. The minimum atomic E-state index is -0.179. The van der Waals surface area contributed by atoms with E-state index in [4.69, 9.17) is 24.4 Å². The lowest BCUT2D eigenvalue weighted by atomic mass is 10.5. The fourth-order valence-electron chi connectivity index (χ4n) is 1.47. The third-order valence-electron chi connectivity index (χ3n) is 2.84. The van der Waals surface area contributed by atoms with Crippen LogP contribution in [0.4, 0.5) is 0 Å². The Bertz CT molecular complexity index is 341. The van der Waals surface area contributed by atoms with Gasteiger partial charge in [-0.2, -0.15) is 0 Å². The molecule has 0 N–H and O–H groups in total. The topological polar surface area (TPSA) is 23.6 Å². The van der Waals surface area contributed by atoms with Gasteiger partial charge in [-0.1, -0.05) is 36.2 Å². The quantitative estimate of drug-likeness (QED) is 0.673. The second-order valence-corrected chi connectivity index (χ2v) is 7.67. The first-order valence-corrected chi connectivity index (χ1v) is 9.38. The summed E-state index contributed by atoms with van der Waals surface area (Å²) in [6, 6.07) is 0. The summed E-state index contributed by atoms with van der Waals surface area (Å²) in [5.74, 6) is 0. The Hall–Kier alpha value is 0.150. The smallest absolute Gasteiger partial charge is 0.209 e. The lowest BCUT2D eigenvalue weighted by molar-refractivity contribution is -0.110. The minimum absolute atomic E-state index is 0.0707. The van der Waals surface area contributed by atoms with Crippen molar-refractivity contribution in [2.75, 3.05) is 26.2 Å². The molecule has 0 bridgehead atoms. The van der Waals surface area contributed by atoms with Crippen molar-refractivity contribution in [3.63, 3.8) is 0 Å². The molecule has 7 heteroatoms. The molecule has 1 atom stereocenters. The Kier molecular flexibility index (Phi) is 10.9. The number of hydrogen-bond donors (Lipinski definition) is 0. The number of thiocarbonyl (C=S) groups is 2. The maximum Gasteiger partial charge on any atom is 0.209 e. The van der Waals surface area contributed by atoms with Crippen LogP contribution in [0.5, 0.6) is 0 Å². The van der Waals surface area contributed by atoms with Crippen LogP contribution < -0.4 is 0 Å². The Labute approximate surface area is 142 Å². The van der Waals surface area contributed by atoms with Crippen LogP contribution in [-0.4, -0.2) is 55.0 Å². The highest BCUT2D eigenvalue weighted by Crippen LogP contribution is 2.23. The highest BCUT2D eigenvalue weighted by atomic mass is 32.2. The number of hydrogen-bond acceptors (Lipinski definition) is 5. The fourth-order valence-corrected chi connectivity index (χ4v) is 4.49. The van der Waals surface area contributed by atoms with Gasteiger partial charge in [0.2, 0.25) is 5.12 Å². The minimum Gasteiger partial charge on any atom is -0.358 e. The molecular weight excluding hydrogens is 328 g/mol. The van der Waals surface area contributed by atoms with Crippen molar-refractivity contribution in [2.24, 2.45) is 0 Å². The summed E-state index contributed by atoms with van der Waals surface area (Å²) >= 11 is 13.3.